The number of ether oxygens (including phenoxy) is 1. The van der Waals surface area contributed by atoms with Crippen molar-refractivity contribution in [3.8, 4) is 5.75 Å². The minimum absolute atomic E-state index is 0.0590. The van der Waals surface area contributed by atoms with Crippen LogP contribution in [0.25, 0.3) is 0 Å². The van der Waals surface area contributed by atoms with Crippen molar-refractivity contribution in [1.82, 2.24) is 5.32 Å². The molecule has 3 atom stereocenters. The van der Waals surface area contributed by atoms with Crippen LogP contribution in [0.3, 0.4) is 0 Å². The molecule has 0 saturated heterocycles. The van der Waals surface area contributed by atoms with E-state index in [1.807, 2.05) is 31.2 Å². The fraction of sp³-hybridized carbons (Fsp3) is 0.562. The van der Waals surface area contributed by atoms with Gasteiger partial charge < -0.3 is 15.8 Å². The predicted octanol–water partition coefficient (Wildman–Crippen LogP) is 2.39. The van der Waals surface area contributed by atoms with Gasteiger partial charge in [-0.1, -0.05) is 24.6 Å². The fourth-order valence-corrected chi connectivity index (χ4v) is 2.96. The van der Waals surface area contributed by atoms with Gasteiger partial charge in [-0.2, -0.15) is 0 Å². The molecule has 1 unspecified atom stereocenters. The Balaban J connectivity index is 1.93. The molecule has 4 nitrogen and oxygen atoms in total. The fourth-order valence-electron chi connectivity index (χ4n) is 2.96. The summed E-state index contributed by atoms with van der Waals surface area (Å²) in [6.07, 6.45) is 3.78. The first-order valence-electron chi connectivity index (χ1n) is 7.29. The number of nitrogens with one attached hydrogen (secondary N) is 1. The maximum atomic E-state index is 12.1. The van der Waals surface area contributed by atoms with E-state index in [0.29, 0.717) is 12.3 Å². The average Bonchev–Trinajstić information content (AvgIpc) is 2.84. The number of methoxy groups -OCH3 is 1. The highest BCUT2D eigenvalue weighted by atomic mass is 16.5. The third kappa shape index (κ3) is 3.51. The van der Waals surface area contributed by atoms with Crippen LogP contribution in [-0.2, 0) is 4.79 Å². The topological polar surface area (TPSA) is 64.3 Å². The molecule has 2 rings (SSSR count). The van der Waals surface area contributed by atoms with Crippen LogP contribution >= 0.6 is 0 Å². The summed E-state index contributed by atoms with van der Waals surface area (Å²) in [4.78, 5) is 12.1. The number of carbonyl (C=O) groups is 1. The van der Waals surface area contributed by atoms with Crippen molar-refractivity contribution in [2.24, 2.45) is 11.7 Å². The van der Waals surface area contributed by atoms with E-state index in [0.717, 1.165) is 30.6 Å². The third-order valence-electron chi connectivity index (χ3n) is 4.15. The zero-order valence-corrected chi connectivity index (χ0v) is 12.3. The minimum atomic E-state index is -0.0590. The van der Waals surface area contributed by atoms with Gasteiger partial charge in [-0.15, -0.1) is 0 Å². The summed E-state index contributed by atoms with van der Waals surface area (Å²) in [6, 6.07) is 7.89. The van der Waals surface area contributed by atoms with Crippen molar-refractivity contribution in [3.63, 3.8) is 0 Å². The van der Waals surface area contributed by atoms with E-state index < -0.39 is 0 Å². The number of rotatable bonds is 5. The Labute approximate surface area is 120 Å². The molecule has 0 aromatic heterocycles. The van der Waals surface area contributed by atoms with Crippen LogP contribution in [0.4, 0.5) is 0 Å². The van der Waals surface area contributed by atoms with Gasteiger partial charge in [-0.3, -0.25) is 4.79 Å². The summed E-state index contributed by atoms with van der Waals surface area (Å²) in [7, 11) is 1.64. The van der Waals surface area contributed by atoms with Gasteiger partial charge >= 0.3 is 0 Å². The summed E-state index contributed by atoms with van der Waals surface area (Å²) >= 11 is 0. The number of amides is 1. The number of hydrogen-bond donors (Lipinski definition) is 2. The lowest BCUT2D eigenvalue weighted by atomic mass is 9.99. The molecular formula is C16H24N2O2. The van der Waals surface area contributed by atoms with E-state index in [1.165, 1.54) is 0 Å². The lowest BCUT2D eigenvalue weighted by molar-refractivity contribution is -0.122. The number of para-hydroxylation sites is 1. The van der Waals surface area contributed by atoms with Gasteiger partial charge in [0.25, 0.3) is 0 Å². The van der Waals surface area contributed by atoms with Crippen LogP contribution in [0, 0.1) is 5.92 Å². The highest BCUT2D eigenvalue weighted by Crippen LogP contribution is 2.28. The molecule has 0 heterocycles. The molecule has 110 valence electrons. The third-order valence-corrected chi connectivity index (χ3v) is 4.15. The Kier molecular flexibility index (Phi) is 5.01. The van der Waals surface area contributed by atoms with E-state index in [4.69, 9.17) is 10.5 Å². The molecule has 0 bridgehead atoms. The second-order valence-electron chi connectivity index (χ2n) is 5.59. The molecule has 1 aliphatic rings. The Bertz CT molecular complexity index is 462. The van der Waals surface area contributed by atoms with E-state index in [-0.39, 0.29) is 18.0 Å². The smallest absolute Gasteiger partial charge is 0.220 e. The molecule has 1 aromatic rings. The molecule has 1 aromatic carbocycles. The molecule has 1 amide bonds. The highest BCUT2D eigenvalue weighted by molar-refractivity contribution is 5.77. The van der Waals surface area contributed by atoms with Crippen molar-refractivity contribution >= 4 is 5.91 Å². The second kappa shape index (κ2) is 6.75. The Morgan fingerprint density at radius 3 is 2.85 bits per heavy atom. The van der Waals surface area contributed by atoms with Gasteiger partial charge in [0.15, 0.2) is 0 Å². The molecule has 4 heteroatoms. The average molecular weight is 276 g/mol. The van der Waals surface area contributed by atoms with E-state index in [1.54, 1.807) is 7.11 Å². The summed E-state index contributed by atoms with van der Waals surface area (Å²) in [5.41, 5.74) is 7.01. The molecule has 1 aliphatic carbocycles. The second-order valence-corrected chi connectivity index (χ2v) is 5.59. The van der Waals surface area contributed by atoms with Gasteiger partial charge in [0.2, 0.25) is 5.91 Å². The first-order chi connectivity index (χ1) is 9.61. The van der Waals surface area contributed by atoms with Crippen molar-refractivity contribution in [2.45, 2.75) is 44.7 Å². The first-order valence-corrected chi connectivity index (χ1v) is 7.29. The van der Waals surface area contributed by atoms with Crippen LogP contribution in [0.1, 0.15) is 44.2 Å². The van der Waals surface area contributed by atoms with Gasteiger partial charge in [-0.05, 0) is 31.7 Å². The lowest BCUT2D eigenvalue weighted by Gasteiger charge is -2.19. The SMILES string of the molecule is COc1ccccc1C(C)NC(=O)C[C@@H]1CCC[C@H]1N. The quantitative estimate of drug-likeness (QED) is 0.868. The predicted molar refractivity (Wildman–Crippen MR) is 79.5 cm³/mol. The molecular weight excluding hydrogens is 252 g/mol. The largest absolute Gasteiger partial charge is 0.496 e. The zero-order valence-electron chi connectivity index (χ0n) is 12.3. The minimum Gasteiger partial charge on any atom is -0.496 e. The summed E-state index contributed by atoms with van der Waals surface area (Å²) in [5.74, 6) is 1.21. The maximum absolute atomic E-state index is 12.1. The van der Waals surface area contributed by atoms with Gasteiger partial charge in [0, 0.05) is 18.0 Å². The molecule has 0 radical (unpaired) electrons. The summed E-state index contributed by atoms with van der Waals surface area (Å²) in [5, 5.41) is 3.04. The normalized spacial score (nSPS) is 23.4. The summed E-state index contributed by atoms with van der Waals surface area (Å²) in [6.45, 7) is 1.98. The molecule has 0 spiro atoms. The van der Waals surface area contributed by atoms with Crippen molar-refractivity contribution < 1.29 is 9.53 Å². The van der Waals surface area contributed by atoms with E-state index >= 15 is 0 Å². The van der Waals surface area contributed by atoms with Crippen LogP contribution < -0.4 is 15.8 Å². The molecule has 0 aliphatic heterocycles. The summed E-state index contributed by atoms with van der Waals surface area (Å²) < 4.78 is 5.33. The van der Waals surface area contributed by atoms with Crippen LogP contribution in [0.15, 0.2) is 24.3 Å². The van der Waals surface area contributed by atoms with Gasteiger partial charge in [0.1, 0.15) is 5.75 Å². The van der Waals surface area contributed by atoms with Crippen molar-refractivity contribution in [2.75, 3.05) is 7.11 Å². The van der Waals surface area contributed by atoms with E-state index in [9.17, 15) is 4.79 Å². The van der Waals surface area contributed by atoms with Crippen LogP contribution in [0.5, 0.6) is 5.75 Å². The van der Waals surface area contributed by atoms with Gasteiger partial charge in [0.05, 0.1) is 13.2 Å². The van der Waals surface area contributed by atoms with E-state index in [2.05, 4.69) is 5.32 Å². The molecule has 20 heavy (non-hydrogen) atoms. The lowest BCUT2D eigenvalue weighted by Crippen LogP contribution is -2.33. The Hall–Kier alpha value is -1.55. The highest BCUT2D eigenvalue weighted by Gasteiger charge is 2.26. The van der Waals surface area contributed by atoms with Crippen LogP contribution in [0.2, 0.25) is 0 Å². The number of benzene rings is 1. The van der Waals surface area contributed by atoms with Gasteiger partial charge in [-0.25, -0.2) is 0 Å². The number of hydrogen-bond acceptors (Lipinski definition) is 3. The van der Waals surface area contributed by atoms with Crippen LogP contribution in [-0.4, -0.2) is 19.1 Å². The zero-order chi connectivity index (χ0) is 14.5. The monoisotopic (exact) mass is 276 g/mol. The molecule has 1 fully saturated rings. The van der Waals surface area contributed by atoms with Crippen molar-refractivity contribution in [3.05, 3.63) is 29.8 Å². The number of nitrogens with two attached hydrogens (primary N) is 1. The van der Waals surface area contributed by atoms with Crippen molar-refractivity contribution in [1.29, 1.82) is 0 Å². The first kappa shape index (κ1) is 14.9. The standard InChI is InChI=1S/C16H24N2O2/c1-11(13-7-3-4-9-15(13)20-2)18-16(19)10-12-6-5-8-14(12)17/h3-4,7,9,11-12,14H,5-6,8,10,17H2,1-2H3,(H,18,19)/t11?,12-,14+/m0/s1. The molecule has 1 saturated carbocycles. The molecule has 3 N–H and O–H groups in total. The number of carbonyl (C=O) groups excluding carboxylic acids is 1. The maximum Gasteiger partial charge on any atom is 0.220 e. The Morgan fingerprint density at radius 2 is 2.20 bits per heavy atom. The Morgan fingerprint density at radius 1 is 1.45 bits per heavy atom.